The van der Waals surface area contributed by atoms with Crippen molar-refractivity contribution in [3.8, 4) is 5.75 Å². The second kappa shape index (κ2) is 10.2. The Kier molecular flexibility index (Phi) is 6.86. The maximum atomic E-state index is 13.0. The fourth-order valence-corrected chi connectivity index (χ4v) is 4.63. The van der Waals surface area contributed by atoms with Gasteiger partial charge in [-0.15, -0.1) is 0 Å². The Morgan fingerprint density at radius 1 is 1.14 bits per heavy atom. The second-order valence-electron chi connectivity index (χ2n) is 9.87. The zero-order chi connectivity index (χ0) is 26.1. The number of hydrazine groups is 1. The first kappa shape index (κ1) is 24.8. The number of nitrogens with zero attached hydrogens (tertiary/aromatic N) is 3. The Bertz CT molecular complexity index is 1270. The summed E-state index contributed by atoms with van der Waals surface area (Å²) in [7, 11) is 0. The Morgan fingerprint density at radius 3 is 2.57 bits per heavy atom. The van der Waals surface area contributed by atoms with Crippen molar-refractivity contribution in [2.75, 3.05) is 23.5 Å². The minimum atomic E-state index is -0.643. The van der Waals surface area contributed by atoms with Crippen LogP contribution < -0.4 is 31.1 Å². The topological polar surface area (TPSA) is 113 Å². The van der Waals surface area contributed by atoms with E-state index in [0.717, 1.165) is 11.3 Å². The van der Waals surface area contributed by atoms with E-state index in [1.165, 1.54) is 5.56 Å². The fraction of sp³-hybridized carbons (Fsp3) is 0.370. The summed E-state index contributed by atoms with van der Waals surface area (Å²) in [5.74, 6) is 0.830. The summed E-state index contributed by atoms with van der Waals surface area (Å²) in [6, 6.07) is 17.6. The summed E-state index contributed by atoms with van der Waals surface area (Å²) in [5.41, 5.74) is 7.36. The molecular weight excluding hydrogens is 470 g/mol. The van der Waals surface area contributed by atoms with Crippen molar-refractivity contribution in [1.82, 2.24) is 25.8 Å². The number of aryl methyl sites for hydroxylation is 2. The van der Waals surface area contributed by atoms with Crippen molar-refractivity contribution < 1.29 is 14.3 Å². The molecule has 0 saturated carbocycles. The molecule has 5 rings (SSSR count). The number of amides is 2. The van der Waals surface area contributed by atoms with E-state index >= 15 is 0 Å². The number of ether oxygens (including phenoxy) is 1. The van der Waals surface area contributed by atoms with Crippen LogP contribution in [0.5, 0.6) is 5.75 Å². The van der Waals surface area contributed by atoms with Gasteiger partial charge in [-0.3, -0.25) is 19.9 Å². The Hall–Kier alpha value is -3.89. The van der Waals surface area contributed by atoms with Crippen molar-refractivity contribution >= 4 is 23.3 Å². The van der Waals surface area contributed by atoms with E-state index in [2.05, 4.69) is 40.3 Å². The van der Waals surface area contributed by atoms with Crippen LogP contribution in [0.15, 0.2) is 54.6 Å². The molecule has 37 heavy (non-hydrogen) atoms. The SMILES string of the molecule is Cc1ccc(N2NCC3C(=O)NC(n4nc(C)cc4NC(=O)COc4ccc(C(C)C)cc4)NC32)cc1. The number of rotatable bonds is 7. The summed E-state index contributed by atoms with van der Waals surface area (Å²) in [4.78, 5) is 25.7. The van der Waals surface area contributed by atoms with Crippen molar-refractivity contribution in [2.24, 2.45) is 5.92 Å². The van der Waals surface area contributed by atoms with E-state index in [0.29, 0.717) is 29.7 Å². The van der Waals surface area contributed by atoms with Gasteiger partial charge in [0.15, 0.2) is 12.9 Å². The van der Waals surface area contributed by atoms with Gasteiger partial charge in [-0.1, -0.05) is 43.7 Å². The van der Waals surface area contributed by atoms with Crippen LogP contribution in [0.2, 0.25) is 0 Å². The van der Waals surface area contributed by atoms with Gasteiger partial charge in [-0.2, -0.15) is 5.10 Å². The van der Waals surface area contributed by atoms with Crippen LogP contribution in [0.3, 0.4) is 0 Å². The summed E-state index contributed by atoms with van der Waals surface area (Å²) in [6.07, 6.45) is -0.929. The predicted molar refractivity (Wildman–Crippen MR) is 141 cm³/mol. The molecule has 3 aromatic rings. The molecule has 0 radical (unpaired) electrons. The first-order valence-corrected chi connectivity index (χ1v) is 12.5. The van der Waals surface area contributed by atoms with Crippen LogP contribution in [-0.2, 0) is 9.59 Å². The van der Waals surface area contributed by atoms with Gasteiger partial charge in [0, 0.05) is 12.6 Å². The molecule has 2 fully saturated rings. The maximum absolute atomic E-state index is 13.0. The second-order valence-corrected chi connectivity index (χ2v) is 9.87. The van der Waals surface area contributed by atoms with Gasteiger partial charge < -0.3 is 15.4 Å². The molecule has 2 aliphatic heterocycles. The number of benzene rings is 2. The monoisotopic (exact) mass is 503 g/mol. The summed E-state index contributed by atoms with van der Waals surface area (Å²) < 4.78 is 7.26. The lowest BCUT2D eigenvalue weighted by molar-refractivity contribution is -0.129. The highest BCUT2D eigenvalue weighted by Gasteiger charge is 2.45. The van der Waals surface area contributed by atoms with E-state index in [1.807, 2.05) is 67.4 Å². The first-order valence-electron chi connectivity index (χ1n) is 12.5. The zero-order valence-corrected chi connectivity index (χ0v) is 21.5. The third-order valence-corrected chi connectivity index (χ3v) is 6.68. The largest absolute Gasteiger partial charge is 0.484 e. The fourth-order valence-electron chi connectivity index (χ4n) is 4.63. The molecule has 0 bridgehead atoms. The first-order chi connectivity index (χ1) is 17.8. The maximum Gasteiger partial charge on any atom is 0.263 e. The number of aromatic nitrogens is 2. The molecule has 1 aromatic heterocycles. The smallest absolute Gasteiger partial charge is 0.263 e. The minimum Gasteiger partial charge on any atom is -0.484 e. The number of fused-ring (bicyclic) bond motifs is 1. The molecule has 2 amide bonds. The van der Waals surface area contributed by atoms with Crippen molar-refractivity contribution in [3.05, 3.63) is 71.4 Å². The highest BCUT2D eigenvalue weighted by molar-refractivity contribution is 5.91. The molecule has 0 spiro atoms. The van der Waals surface area contributed by atoms with E-state index < -0.39 is 6.29 Å². The van der Waals surface area contributed by atoms with Gasteiger partial charge >= 0.3 is 0 Å². The average molecular weight is 504 g/mol. The Balaban J connectivity index is 1.27. The molecule has 2 saturated heterocycles. The van der Waals surface area contributed by atoms with Gasteiger partial charge in [0.05, 0.1) is 17.3 Å². The Labute approximate surface area is 216 Å². The average Bonchev–Trinajstić information content (AvgIpc) is 3.47. The number of hydrogen-bond donors (Lipinski definition) is 4. The van der Waals surface area contributed by atoms with E-state index in [9.17, 15) is 9.59 Å². The zero-order valence-electron chi connectivity index (χ0n) is 21.5. The summed E-state index contributed by atoms with van der Waals surface area (Å²) in [6.45, 7) is 8.49. The molecule has 3 unspecified atom stereocenters. The Morgan fingerprint density at radius 2 is 1.86 bits per heavy atom. The van der Waals surface area contributed by atoms with Gasteiger partial charge in [0.1, 0.15) is 17.7 Å². The van der Waals surface area contributed by atoms with Gasteiger partial charge in [0.25, 0.3) is 5.91 Å². The van der Waals surface area contributed by atoms with Gasteiger partial charge in [-0.25, -0.2) is 10.1 Å². The molecule has 3 heterocycles. The molecule has 3 atom stereocenters. The van der Waals surface area contributed by atoms with E-state index in [4.69, 9.17) is 4.74 Å². The third-order valence-electron chi connectivity index (χ3n) is 6.68. The molecular formula is C27H33N7O3. The molecule has 10 heteroatoms. The lowest BCUT2D eigenvalue weighted by Gasteiger charge is -2.37. The lowest BCUT2D eigenvalue weighted by atomic mass is 10.0. The molecule has 2 aromatic carbocycles. The molecule has 4 N–H and O–H groups in total. The standard InChI is InChI=1S/C27H33N7O3/c1-16(2)19-7-11-21(12-8-19)37-15-24(35)29-23-13-18(4)32-34(23)27-30-25-22(26(36)31-27)14-28-33(25)20-9-5-17(3)6-10-20/h5-13,16,22,25,27-28,30H,14-15H2,1-4H3,(H,29,35)(H,31,36). The molecule has 10 nitrogen and oxygen atoms in total. The van der Waals surface area contributed by atoms with Crippen LogP contribution in [0.4, 0.5) is 11.5 Å². The highest BCUT2D eigenvalue weighted by atomic mass is 16.5. The van der Waals surface area contributed by atoms with Crippen molar-refractivity contribution in [2.45, 2.75) is 46.1 Å². The lowest BCUT2D eigenvalue weighted by Crippen LogP contribution is -2.61. The number of carbonyl (C=O) groups is 2. The van der Waals surface area contributed by atoms with Crippen molar-refractivity contribution in [3.63, 3.8) is 0 Å². The molecule has 0 aliphatic carbocycles. The summed E-state index contributed by atoms with van der Waals surface area (Å²) in [5, 5.41) is 15.8. The number of carbonyl (C=O) groups excluding carboxylic acids is 2. The highest BCUT2D eigenvalue weighted by Crippen LogP contribution is 2.28. The van der Waals surface area contributed by atoms with E-state index in [-0.39, 0.29) is 30.5 Å². The third kappa shape index (κ3) is 5.30. The number of hydrogen-bond acceptors (Lipinski definition) is 7. The van der Waals surface area contributed by atoms with Gasteiger partial charge in [-0.05, 0) is 49.6 Å². The quantitative estimate of drug-likeness (QED) is 0.392. The minimum absolute atomic E-state index is 0.0885. The van der Waals surface area contributed by atoms with E-state index in [1.54, 1.807) is 10.7 Å². The predicted octanol–water partition coefficient (Wildman–Crippen LogP) is 2.78. The van der Waals surface area contributed by atoms with Crippen LogP contribution in [0.1, 0.15) is 42.9 Å². The number of anilines is 2. The molecule has 194 valence electrons. The van der Waals surface area contributed by atoms with Crippen LogP contribution >= 0.6 is 0 Å². The number of nitrogens with one attached hydrogen (secondary N) is 4. The van der Waals surface area contributed by atoms with Gasteiger partial charge in [0.2, 0.25) is 5.91 Å². The molecule has 2 aliphatic rings. The van der Waals surface area contributed by atoms with Crippen LogP contribution in [0.25, 0.3) is 0 Å². The van der Waals surface area contributed by atoms with Crippen LogP contribution in [-0.4, -0.2) is 40.9 Å². The summed E-state index contributed by atoms with van der Waals surface area (Å²) >= 11 is 0. The normalized spacial score (nSPS) is 21.1. The van der Waals surface area contributed by atoms with Crippen molar-refractivity contribution in [1.29, 1.82) is 0 Å². The van der Waals surface area contributed by atoms with Crippen LogP contribution in [0, 0.1) is 19.8 Å².